The van der Waals surface area contributed by atoms with Gasteiger partial charge < -0.3 is 10.4 Å². The predicted octanol–water partition coefficient (Wildman–Crippen LogP) is 2.51. The molecule has 0 spiro atoms. The molecule has 0 heterocycles. The molecule has 0 saturated carbocycles. The summed E-state index contributed by atoms with van der Waals surface area (Å²) in [5, 5.41) is 9.80. The van der Waals surface area contributed by atoms with Crippen LogP contribution in [-0.4, -0.2) is 23.2 Å². The van der Waals surface area contributed by atoms with Crippen LogP contribution < -0.4 is 5.32 Å². The molecule has 0 aliphatic heterocycles. The number of hydrogen-bond donors (Lipinski definition) is 2. The van der Waals surface area contributed by atoms with E-state index in [4.69, 9.17) is 5.11 Å². The summed E-state index contributed by atoms with van der Waals surface area (Å²) in [5.41, 5.74) is -2.44. The highest BCUT2D eigenvalue weighted by atomic mass is 19.4. The van der Waals surface area contributed by atoms with Crippen molar-refractivity contribution in [2.75, 3.05) is 0 Å². The zero-order valence-electron chi connectivity index (χ0n) is 9.92. The molecule has 21 heavy (non-hydrogen) atoms. The van der Waals surface area contributed by atoms with Crippen molar-refractivity contribution in [2.24, 2.45) is 0 Å². The van der Waals surface area contributed by atoms with Gasteiger partial charge in [0.25, 0.3) is 0 Å². The fraction of sp³-hybridized carbons (Fsp3) is 0.273. The largest absolute Gasteiger partial charge is 0.479 e. The van der Waals surface area contributed by atoms with Crippen molar-refractivity contribution in [3.05, 3.63) is 35.4 Å². The van der Waals surface area contributed by atoms with Gasteiger partial charge in [-0.1, -0.05) is 18.2 Å². The van der Waals surface area contributed by atoms with Gasteiger partial charge in [0.05, 0.1) is 5.56 Å². The summed E-state index contributed by atoms with van der Waals surface area (Å²) >= 11 is 0. The zero-order valence-corrected chi connectivity index (χ0v) is 9.92. The van der Waals surface area contributed by atoms with Gasteiger partial charge in [0, 0.05) is 0 Å². The van der Waals surface area contributed by atoms with E-state index in [-0.39, 0.29) is 0 Å². The van der Waals surface area contributed by atoms with Crippen LogP contribution in [0.5, 0.6) is 0 Å². The fourth-order valence-corrected chi connectivity index (χ4v) is 1.49. The highest BCUT2D eigenvalue weighted by Gasteiger charge is 2.43. The Kier molecular flexibility index (Phi) is 4.49. The number of rotatable bonds is 3. The molecule has 0 saturated heterocycles. The minimum absolute atomic E-state index is 0.505. The molecule has 1 atom stereocenters. The van der Waals surface area contributed by atoms with Gasteiger partial charge in [-0.2, -0.15) is 26.3 Å². The van der Waals surface area contributed by atoms with Gasteiger partial charge >= 0.3 is 24.2 Å². The first-order valence-corrected chi connectivity index (χ1v) is 5.21. The maximum atomic E-state index is 12.7. The molecule has 0 fully saturated rings. The van der Waals surface area contributed by atoms with E-state index in [9.17, 15) is 35.9 Å². The number of alkyl halides is 6. The quantitative estimate of drug-likeness (QED) is 0.842. The number of benzene rings is 1. The van der Waals surface area contributed by atoms with Gasteiger partial charge in [-0.3, -0.25) is 4.79 Å². The highest BCUT2D eigenvalue weighted by molar-refractivity contribution is 5.87. The summed E-state index contributed by atoms with van der Waals surface area (Å²) in [5.74, 6) is -4.70. The maximum Gasteiger partial charge on any atom is 0.471 e. The van der Waals surface area contributed by atoms with Crippen LogP contribution in [0.3, 0.4) is 0 Å². The normalized spacial score (nSPS) is 13.6. The van der Waals surface area contributed by atoms with Crippen molar-refractivity contribution in [3.8, 4) is 0 Å². The fourth-order valence-electron chi connectivity index (χ4n) is 1.49. The lowest BCUT2D eigenvalue weighted by Gasteiger charge is -2.20. The number of nitrogens with one attached hydrogen (secondary N) is 1. The number of carboxylic acids is 1. The topological polar surface area (TPSA) is 66.4 Å². The third-order valence-corrected chi connectivity index (χ3v) is 2.36. The molecular formula is C11H7F6NO3. The minimum Gasteiger partial charge on any atom is -0.479 e. The van der Waals surface area contributed by atoms with Gasteiger partial charge in [-0.05, 0) is 11.6 Å². The lowest BCUT2D eigenvalue weighted by atomic mass is 10.00. The van der Waals surface area contributed by atoms with Crippen molar-refractivity contribution in [1.82, 2.24) is 5.32 Å². The van der Waals surface area contributed by atoms with Crippen molar-refractivity contribution in [1.29, 1.82) is 0 Å². The van der Waals surface area contributed by atoms with E-state index >= 15 is 0 Å². The first kappa shape index (κ1) is 16.8. The first-order chi connectivity index (χ1) is 9.44. The number of amides is 1. The smallest absolute Gasteiger partial charge is 0.471 e. The monoisotopic (exact) mass is 315 g/mol. The Labute approximate surface area is 113 Å². The van der Waals surface area contributed by atoms with Crippen LogP contribution in [0.4, 0.5) is 26.3 Å². The molecule has 1 amide bonds. The molecule has 0 bridgehead atoms. The number of halogens is 6. The van der Waals surface area contributed by atoms with E-state index in [0.29, 0.717) is 12.1 Å². The molecule has 116 valence electrons. The standard InChI is InChI=1S/C11H7F6NO3/c12-10(13,14)6-4-2-1-3-5(6)7(8(19)20)18-9(21)11(15,16)17/h1-4,7H,(H,18,21)(H,19,20). The van der Waals surface area contributed by atoms with E-state index in [1.54, 1.807) is 0 Å². The first-order valence-electron chi connectivity index (χ1n) is 5.21. The Bertz CT molecular complexity index is 552. The van der Waals surface area contributed by atoms with Crippen LogP contribution in [0, 0.1) is 0 Å². The Morgan fingerprint density at radius 3 is 2.00 bits per heavy atom. The Morgan fingerprint density at radius 1 is 1.05 bits per heavy atom. The average Bonchev–Trinajstić information content (AvgIpc) is 2.33. The third-order valence-electron chi connectivity index (χ3n) is 2.36. The van der Waals surface area contributed by atoms with E-state index in [0.717, 1.165) is 17.4 Å². The van der Waals surface area contributed by atoms with Crippen molar-refractivity contribution < 1.29 is 41.0 Å². The minimum atomic E-state index is -5.42. The molecule has 4 nitrogen and oxygen atoms in total. The molecule has 0 aliphatic rings. The Morgan fingerprint density at radius 2 is 1.57 bits per heavy atom. The number of hydrogen-bond acceptors (Lipinski definition) is 2. The Balaban J connectivity index is 3.26. The van der Waals surface area contributed by atoms with Crippen molar-refractivity contribution >= 4 is 11.9 Å². The number of carbonyl (C=O) groups excluding carboxylic acids is 1. The second kappa shape index (κ2) is 5.62. The summed E-state index contributed by atoms with van der Waals surface area (Å²) in [6, 6.07) is 0.664. The van der Waals surface area contributed by atoms with Crippen LogP contribution in [0.1, 0.15) is 17.2 Å². The van der Waals surface area contributed by atoms with Crippen molar-refractivity contribution in [2.45, 2.75) is 18.4 Å². The molecule has 1 aromatic rings. The van der Waals surface area contributed by atoms with Gasteiger partial charge in [0.1, 0.15) is 0 Å². The third kappa shape index (κ3) is 4.10. The number of carbonyl (C=O) groups is 2. The van der Waals surface area contributed by atoms with E-state index < -0.39 is 41.4 Å². The molecule has 0 aromatic heterocycles. The second-order valence-corrected chi connectivity index (χ2v) is 3.83. The Hall–Kier alpha value is -2.26. The zero-order chi connectivity index (χ0) is 16.4. The molecular weight excluding hydrogens is 308 g/mol. The van der Waals surface area contributed by atoms with Crippen LogP contribution in [0.15, 0.2) is 24.3 Å². The van der Waals surface area contributed by atoms with Crippen LogP contribution in [0.2, 0.25) is 0 Å². The van der Waals surface area contributed by atoms with E-state index in [2.05, 4.69) is 0 Å². The number of carboxylic acid groups (broad SMARTS) is 1. The van der Waals surface area contributed by atoms with Crippen LogP contribution in [0.25, 0.3) is 0 Å². The lowest BCUT2D eigenvalue weighted by Crippen LogP contribution is -2.42. The molecule has 1 unspecified atom stereocenters. The molecule has 1 rings (SSSR count). The molecule has 10 heteroatoms. The highest BCUT2D eigenvalue weighted by Crippen LogP contribution is 2.34. The molecule has 0 aliphatic carbocycles. The van der Waals surface area contributed by atoms with Gasteiger partial charge in [0.2, 0.25) is 0 Å². The van der Waals surface area contributed by atoms with E-state index in [1.165, 1.54) is 0 Å². The average molecular weight is 315 g/mol. The second-order valence-electron chi connectivity index (χ2n) is 3.83. The molecule has 2 N–H and O–H groups in total. The predicted molar refractivity (Wildman–Crippen MR) is 56.0 cm³/mol. The van der Waals surface area contributed by atoms with Gasteiger partial charge in [-0.15, -0.1) is 0 Å². The van der Waals surface area contributed by atoms with Crippen molar-refractivity contribution in [3.63, 3.8) is 0 Å². The summed E-state index contributed by atoms with van der Waals surface area (Å²) in [6.07, 6.45) is -10.4. The summed E-state index contributed by atoms with van der Waals surface area (Å²) in [4.78, 5) is 21.6. The van der Waals surface area contributed by atoms with E-state index in [1.807, 2.05) is 0 Å². The maximum absolute atomic E-state index is 12.7. The van der Waals surface area contributed by atoms with Gasteiger partial charge in [-0.25, -0.2) is 4.79 Å². The summed E-state index contributed by atoms with van der Waals surface area (Å²) < 4.78 is 74.4. The SMILES string of the molecule is O=C(O)C(NC(=O)C(F)(F)F)c1ccccc1C(F)(F)F. The molecule has 0 radical (unpaired) electrons. The summed E-state index contributed by atoms with van der Waals surface area (Å²) in [6.45, 7) is 0. The lowest BCUT2D eigenvalue weighted by molar-refractivity contribution is -0.175. The summed E-state index contributed by atoms with van der Waals surface area (Å²) in [7, 11) is 0. The number of aliphatic carboxylic acids is 1. The van der Waals surface area contributed by atoms with Crippen LogP contribution >= 0.6 is 0 Å². The van der Waals surface area contributed by atoms with Gasteiger partial charge in [0.15, 0.2) is 6.04 Å². The molecule has 1 aromatic carbocycles. The van der Waals surface area contributed by atoms with Crippen LogP contribution in [-0.2, 0) is 15.8 Å².